The van der Waals surface area contributed by atoms with Crippen LogP contribution < -0.4 is 0 Å². The van der Waals surface area contributed by atoms with E-state index < -0.39 is 5.60 Å². The van der Waals surface area contributed by atoms with Crippen molar-refractivity contribution in [3.05, 3.63) is 0 Å². The van der Waals surface area contributed by atoms with Crippen LogP contribution >= 0.6 is 0 Å². The molecule has 1 unspecified atom stereocenters. The number of hydrogen-bond donors (Lipinski definition) is 0. The number of methoxy groups -OCH3 is 1. The molecule has 0 aromatic rings. The molecule has 0 spiro atoms. The number of nitrogens with zero attached hydrogens (tertiary/aromatic N) is 1. The molecule has 4 heteroatoms. The zero-order valence-corrected chi connectivity index (χ0v) is 12.1. The Morgan fingerprint density at radius 3 is 2.41 bits per heavy atom. The van der Waals surface area contributed by atoms with Gasteiger partial charge in [0.2, 0.25) is 0 Å². The van der Waals surface area contributed by atoms with Crippen molar-refractivity contribution in [1.29, 1.82) is 0 Å². The van der Waals surface area contributed by atoms with Crippen molar-refractivity contribution in [2.45, 2.75) is 46.6 Å². The standard InChI is InChI=1S/C11H21NO3.C2H6/c1-11(2,3)15-10(13)12-6-5-9(7-12)8-14-4;1-2/h9H,5-8H2,1-4H3;1-2H3. The summed E-state index contributed by atoms with van der Waals surface area (Å²) in [5.41, 5.74) is -0.406. The van der Waals surface area contributed by atoms with Crippen LogP contribution in [0.5, 0.6) is 0 Å². The maximum Gasteiger partial charge on any atom is 0.410 e. The van der Waals surface area contributed by atoms with Crippen LogP contribution in [0.3, 0.4) is 0 Å². The lowest BCUT2D eigenvalue weighted by Crippen LogP contribution is -2.35. The van der Waals surface area contributed by atoms with Crippen molar-refractivity contribution in [1.82, 2.24) is 4.90 Å². The van der Waals surface area contributed by atoms with E-state index in [-0.39, 0.29) is 6.09 Å². The summed E-state index contributed by atoms with van der Waals surface area (Å²) in [6, 6.07) is 0. The van der Waals surface area contributed by atoms with Gasteiger partial charge in [-0.1, -0.05) is 13.8 Å². The van der Waals surface area contributed by atoms with E-state index in [1.165, 1.54) is 0 Å². The lowest BCUT2D eigenvalue weighted by atomic mass is 10.1. The third-order valence-electron chi connectivity index (χ3n) is 2.34. The first-order valence-electron chi connectivity index (χ1n) is 6.39. The number of likely N-dealkylation sites (tertiary alicyclic amines) is 1. The summed E-state index contributed by atoms with van der Waals surface area (Å²) < 4.78 is 10.4. The van der Waals surface area contributed by atoms with Gasteiger partial charge in [-0.15, -0.1) is 0 Å². The fraction of sp³-hybridized carbons (Fsp3) is 0.923. The Bertz CT molecular complexity index is 223. The minimum atomic E-state index is -0.406. The predicted molar refractivity (Wildman–Crippen MR) is 69.1 cm³/mol. The van der Waals surface area contributed by atoms with Crippen LogP contribution in [0.1, 0.15) is 41.0 Å². The van der Waals surface area contributed by atoms with Crippen LogP contribution in [-0.2, 0) is 9.47 Å². The molecule has 0 bridgehead atoms. The van der Waals surface area contributed by atoms with Gasteiger partial charge in [-0.2, -0.15) is 0 Å². The van der Waals surface area contributed by atoms with Crippen molar-refractivity contribution < 1.29 is 14.3 Å². The molecular weight excluding hydrogens is 218 g/mol. The zero-order chi connectivity index (χ0) is 13.5. The van der Waals surface area contributed by atoms with E-state index in [9.17, 15) is 4.79 Å². The molecule has 0 aromatic heterocycles. The molecule has 0 saturated carbocycles. The Morgan fingerprint density at radius 2 is 1.94 bits per heavy atom. The van der Waals surface area contributed by atoms with E-state index in [0.717, 1.165) is 26.1 Å². The summed E-state index contributed by atoms with van der Waals surface area (Å²) in [4.78, 5) is 13.4. The van der Waals surface area contributed by atoms with E-state index in [2.05, 4.69) is 0 Å². The summed E-state index contributed by atoms with van der Waals surface area (Å²) in [6.45, 7) is 11.9. The van der Waals surface area contributed by atoms with Gasteiger partial charge in [-0.05, 0) is 27.2 Å². The number of hydrogen-bond acceptors (Lipinski definition) is 3. The first-order valence-corrected chi connectivity index (χ1v) is 6.39. The largest absolute Gasteiger partial charge is 0.444 e. The van der Waals surface area contributed by atoms with Crippen molar-refractivity contribution in [2.75, 3.05) is 26.8 Å². The molecule has 102 valence electrons. The van der Waals surface area contributed by atoms with Gasteiger partial charge in [-0.3, -0.25) is 0 Å². The average Bonchev–Trinajstić information content (AvgIpc) is 2.67. The molecule has 1 aliphatic heterocycles. The lowest BCUT2D eigenvalue weighted by molar-refractivity contribution is 0.0280. The molecule has 1 heterocycles. The second-order valence-corrected chi connectivity index (χ2v) is 5.04. The SMILES string of the molecule is CC.COCC1CCN(C(=O)OC(C)(C)C)C1. The summed E-state index contributed by atoms with van der Waals surface area (Å²) in [5, 5.41) is 0. The second-order valence-electron chi connectivity index (χ2n) is 5.04. The average molecular weight is 245 g/mol. The van der Waals surface area contributed by atoms with Gasteiger partial charge < -0.3 is 14.4 Å². The Balaban J connectivity index is 0.00000121. The fourth-order valence-electron chi connectivity index (χ4n) is 1.70. The number of rotatable bonds is 2. The highest BCUT2D eigenvalue weighted by Gasteiger charge is 2.29. The third-order valence-corrected chi connectivity index (χ3v) is 2.34. The fourth-order valence-corrected chi connectivity index (χ4v) is 1.70. The first-order chi connectivity index (χ1) is 7.92. The summed E-state index contributed by atoms with van der Waals surface area (Å²) in [7, 11) is 1.69. The van der Waals surface area contributed by atoms with E-state index in [4.69, 9.17) is 9.47 Å². The molecule has 4 nitrogen and oxygen atoms in total. The van der Waals surface area contributed by atoms with Crippen LogP contribution in [0.25, 0.3) is 0 Å². The highest BCUT2D eigenvalue weighted by atomic mass is 16.6. The molecule has 17 heavy (non-hydrogen) atoms. The monoisotopic (exact) mass is 245 g/mol. The predicted octanol–water partition coefficient (Wildman–Crippen LogP) is 2.92. The maximum atomic E-state index is 11.7. The van der Waals surface area contributed by atoms with Crippen LogP contribution in [-0.4, -0.2) is 43.4 Å². The topological polar surface area (TPSA) is 38.8 Å². The van der Waals surface area contributed by atoms with Gasteiger partial charge in [0.1, 0.15) is 5.60 Å². The minimum absolute atomic E-state index is 0.207. The Morgan fingerprint density at radius 1 is 1.35 bits per heavy atom. The molecule has 1 fully saturated rings. The molecular formula is C13H27NO3. The third kappa shape index (κ3) is 6.51. The van der Waals surface area contributed by atoms with Crippen LogP contribution in [0.4, 0.5) is 4.79 Å². The number of amides is 1. The van der Waals surface area contributed by atoms with E-state index in [0.29, 0.717) is 5.92 Å². The Kier molecular flexibility index (Phi) is 7.19. The number of carbonyl (C=O) groups is 1. The van der Waals surface area contributed by atoms with Crippen LogP contribution in [0.2, 0.25) is 0 Å². The number of carbonyl (C=O) groups excluding carboxylic acids is 1. The van der Waals surface area contributed by atoms with Gasteiger partial charge in [0, 0.05) is 26.1 Å². The van der Waals surface area contributed by atoms with Crippen molar-refractivity contribution in [3.8, 4) is 0 Å². The molecule has 1 atom stereocenters. The normalized spacial score (nSPS) is 19.6. The van der Waals surface area contributed by atoms with Crippen LogP contribution in [0, 0.1) is 5.92 Å². The van der Waals surface area contributed by atoms with E-state index in [1.807, 2.05) is 34.6 Å². The quantitative estimate of drug-likeness (QED) is 0.751. The Labute approximate surface area is 105 Å². The Hall–Kier alpha value is -0.770. The summed E-state index contributed by atoms with van der Waals surface area (Å²) in [5.74, 6) is 0.461. The molecule has 0 N–H and O–H groups in total. The summed E-state index contributed by atoms with van der Waals surface area (Å²) >= 11 is 0. The molecule has 1 rings (SSSR count). The van der Waals surface area contributed by atoms with Crippen molar-refractivity contribution in [2.24, 2.45) is 5.92 Å². The zero-order valence-electron chi connectivity index (χ0n) is 12.1. The highest BCUT2D eigenvalue weighted by Crippen LogP contribution is 2.19. The lowest BCUT2D eigenvalue weighted by Gasteiger charge is -2.24. The smallest absolute Gasteiger partial charge is 0.410 e. The van der Waals surface area contributed by atoms with E-state index >= 15 is 0 Å². The number of ether oxygens (including phenoxy) is 2. The van der Waals surface area contributed by atoms with Crippen molar-refractivity contribution >= 4 is 6.09 Å². The second kappa shape index (κ2) is 7.54. The van der Waals surface area contributed by atoms with Crippen LogP contribution in [0.15, 0.2) is 0 Å². The van der Waals surface area contributed by atoms with Gasteiger partial charge in [0.05, 0.1) is 6.61 Å². The van der Waals surface area contributed by atoms with E-state index in [1.54, 1.807) is 12.0 Å². The molecule has 0 radical (unpaired) electrons. The molecule has 0 aliphatic carbocycles. The van der Waals surface area contributed by atoms with Gasteiger partial charge in [-0.25, -0.2) is 4.79 Å². The van der Waals surface area contributed by atoms with Gasteiger partial charge in [0.25, 0.3) is 0 Å². The van der Waals surface area contributed by atoms with Crippen molar-refractivity contribution in [3.63, 3.8) is 0 Å². The van der Waals surface area contributed by atoms with Gasteiger partial charge in [0.15, 0.2) is 0 Å². The first kappa shape index (κ1) is 16.2. The minimum Gasteiger partial charge on any atom is -0.444 e. The molecule has 0 aromatic carbocycles. The van der Waals surface area contributed by atoms with Gasteiger partial charge >= 0.3 is 6.09 Å². The molecule has 1 aliphatic rings. The molecule has 1 amide bonds. The molecule has 1 saturated heterocycles. The summed E-state index contributed by atoms with van der Waals surface area (Å²) in [6.07, 6.45) is 0.800. The highest BCUT2D eigenvalue weighted by molar-refractivity contribution is 5.68. The maximum absolute atomic E-state index is 11.7.